The lowest BCUT2D eigenvalue weighted by molar-refractivity contribution is -0.121. The topological polar surface area (TPSA) is 75.7 Å². The van der Waals surface area contributed by atoms with Crippen LogP contribution in [0, 0.1) is 17.8 Å². The summed E-state index contributed by atoms with van der Waals surface area (Å²) in [4.78, 5) is 12.8. The third-order valence-corrected chi connectivity index (χ3v) is 8.07. The summed E-state index contributed by atoms with van der Waals surface area (Å²) in [6.07, 6.45) is 4.37. The van der Waals surface area contributed by atoms with E-state index in [9.17, 15) is 13.2 Å². The van der Waals surface area contributed by atoms with Gasteiger partial charge in [-0.1, -0.05) is 6.42 Å². The molecule has 2 bridgehead atoms. The van der Waals surface area contributed by atoms with Crippen LogP contribution in [0.3, 0.4) is 0 Å². The number of nitrogens with one attached hydrogen (secondary N) is 1. The summed E-state index contributed by atoms with van der Waals surface area (Å²) in [6.45, 7) is 4.48. The van der Waals surface area contributed by atoms with E-state index in [-0.39, 0.29) is 28.9 Å². The largest absolute Gasteiger partial charge is 0.373 e. The maximum atomic E-state index is 12.9. The Hall–Kier alpha value is -1.44. The molecule has 1 saturated heterocycles. The highest BCUT2D eigenvalue weighted by atomic mass is 32.2. The molecule has 7 heteroatoms. The standard InChI is InChI=1S/C20H28N2O4S/c1-13-11-22(12-14(2)26-13)27(24,25)18-7-5-17(6-8-18)21-20(23)19-10-15-3-4-16(19)9-15/h5-8,13-16,19H,3-4,9-12H2,1-2H3,(H,21,23)/t13-,14+,15-,16-,19-/m0/s1. The molecule has 5 atom stereocenters. The van der Waals surface area contributed by atoms with Gasteiger partial charge in [0, 0.05) is 24.7 Å². The van der Waals surface area contributed by atoms with Crippen LogP contribution in [-0.2, 0) is 19.6 Å². The minimum atomic E-state index is -3.56. The molecule has 148 valence electrons. The lowest BCUT2D eigenvalue weighted by Crippen LogP contribution is -2.48. The van der Waals surface area contributed by atoms with Crippen LogP contribution >= 0.6 is 0 Å². The highest BCUT2D eigenvalue weighted by molar-refractivity contribution is 7.89. The second-order valence-corrected chi connectivity index (χ2v) is 10.3. The first-order chi connectivity index (χ1) is 12.8. The lowest BCUT2D eigenvalue weighted by atomic mass is 9.88. The molecule has 6 nitrogen and oxygen atoms in total. The van der Waals surface area contributed by atoms with Gasteiger partial charge in [0.2, 0.25) is 15.9 Å². The summed E-state index contributed by atoms with van der Waals surface area (Å²) in [6, 6.07) is 6.53. The van der Waals surface area contributed by atoms with E-state index < -0.39 is 10.0 Å². The Morgan fingerprint density at radius 3 is 2.30 bits per heavy atom. The third-order valence-electron chi connectivity index (χ3n) is 6.22. The molecule has 0 aromatic heterocycles. The molecule has 1 aromatic carbocycles. The second kappa shape index (κ2) is 7.18. The van der Waals surface area contributed by atoms with Gasteiger partial charge in [0.05, 0.1) is 17.1 Å². The Labute approximate surface area is 161 Å². The maximum absolute atomic E-state index is 12.9. The third kappa shape index (κ3) is 3.77. The van der Waals surface area contributed by atoms with Crippen molar-refractivity contribution >= 4 is 21.6 Å². The van der Waals surface area contributed by atoms with E-state index in [4.69, 9.17) is 4.74 Å². The van der Waals surface area contributed by atoms with Crippen LogP contribution < -0.4 is 5.32 Å². The van der Waals surface area contributed by atoms with Gasteiger partial charge >= 0.3 is 0 Å². The molecule has 2 aliphatic carbocycles. The van der Waals surface area contributed by atoms with Crippen molar-refractivity contribution < 1.29 is 17.9 Å². The number of carbonyl (C=O) groups excluding carboxylic acids is 1. The molecule has 1 aromatic rings. The molecule has 0 radical (unpaired) electrons. The van der Waals surface area contributed by atoms with Crippen molar-refractivity contribution in [2.24, 2.45) is 17.8 Å². The Kier molecular flexibility index (Phi) is 5.03. The Bertz CT molecular complexity index is 798. The number of rotatable bonds is 4. The fourth-order valence-corrected chi connectivity index (χ4v) is 6.58. The van der Waals surface area contributed by atoms with Crippen LogP contribution in [0.15, 0.2) is 29.2 Å². The smallest absolute Gasteiger partial charge is 0.243 e. The van der Waals surface area contributed by atoms with Crippen LogP contribution in [0.1, 0.15) is 39.5 Å². The van der Waals surface area contributed by atoms with Gasteiger partial charge in [0.15, 0.2) is 0 Å². The highest BCUT2D eigenvalue weighted by Gasteiger charge is 2.43. The van der Waals surface area contributed by atoms with Crippen molar-refractivity contribution in [2.45, 2.75) is 56.6 Å². The predicted molar refractivity (Wildman–Crippen MR) is 103 cm³/mol. The van der Waals surface area contributed by atoms with E-state index >= 15 is 0 Å². The molecular formula is C20H28N2O4S. The molecule has 3 fully saturated rings. The number of anilines is 1. The number of sulfonamides is 1. The van der Waals surface area contributed by atoms with Gasteiger partial charge in [-0.3, -0.25) is 4.79 Å². The molecule has 1 amide bonds. The summed E-state index contributed by atoms with van der Waals surface area (Å²) in [5.41, 5.74) is 0.658. The van der Waals surface area contributed by atoms with Gasteiger partial charge in [-0.25, -0.2) is 8.42 Å². The zero-order valence-electron chi connectivity index (χ0n) is 15.9. The average molecular weight is 393 g/mol. The van der Waals surface area contributed by atoms with Crippen LogP contribution in [0.4, 0.5) is 5.69 Å². The van der Waals surface area contributed by atoms with Crippen LogP contribution in [0.5, 0.6) is 0 Å². The van der Waals surface area contributed by atoms with Crippen LogP contribution in [0.25, 0.3) is 0 Å². The van der Waals surface area contributed by atoms with Crippen molar-refractivity contribution in [3.8, 4) is 0 Å². The summed E-state index contributed by atoms with van der Waals surface area (Å²) >= 11 is 0. The zero-order valence-corrected chi connectivity index (χ0v) is 16.7. The number of benzene rings is 1. The van der Waals surface area contributed by atoms with Crippen molar-refractivity contribution in [1.29, 1.82) is 0 Å². The fourth-order valence-electron chi connectivity index (χ4n) is 4.99. The molecule has 2 saturated carbocycles. The lowest BCUT2D eigenvalue weighted by Gasteiger charge is -2.34. The summed E-state index contributed by atoms with van der Waals surface area (Å²) in [5, 5.41) is 2.97. The molecule has 27 heavy (non-hydrogen) atoms. The zero-order chi connectivity index (χ0) is 19.2. The van der Waals surface area contributed by atoms with Gasteiger partial charge in [0.25, 0.3) is 0 Å². The van der Waals surface area contributed by atoms with E-state index in [1.165, 1.54) is 17.1 Å². The number of nitrogens with zero attached hydrogens (tertiary/aromatic N) is 1. The Morgan fingerprint density at radius 2 is 1.74 bits per heavy atom. The Balaban J connectivity index is 1.43. The molecule has 0 unspecified atom stereocenters. The number of amides is 1. The Morgan fingerprint density at radius 1 is 1.07 bits per heavy atom. The first-order valence-corrected chi connectivity index (χ1v) is 11.3. The van der Waals surface area contributed by atoms with Gasteiger partial charge < -0.3 is 10.1 Å². The predicted octanol–water partition coefficient (Wildman–Crippen LogP) is 2.86. The first kappa shape index (κ1) is 18.9. The highest BCUT2D eigenvalue weighted by Crippen LogP contribution is 2.48. The molecule has 1 N–H and O–H groups in total. The van der Waals surface area contributed by atoms with Crippen LogP contribution in [0.2, 0.25) is 0 Å². The number of hydrogen-bond acceptors (Lipinski definition) is 4. The molecule has 4 rings (SSSR count). The van der Waals surface area contributed by atoms with Crippen molar-refractivity contribution in [2.75, 3.05) is 18.4 Å². The number of morpholine rings is 1. The number of fused-ring (bicyclic) bond motifs is 2. The van der Waals surface area contributed by atoms with Gasteiger partial charge in [-0.05, 0) is 69.2 Å². The minimum Gasteiger partial charge on any atom is -0.373 e. The molecule has 3 aliphatic rings. The normalized spacial score (nSPS) is 33.9. The van der Waals surface area contributed by atoms with Crippen molar-refractivity contribution in [1.82, 2.24) is 4.31 Å². The van der Waals surface area contributed by atoms with Gasteiger partial charge in [-0.2, -0.15) is 4.31 Å². The quantitative estimate of drug-likeness (QED) is 0.855. The van der Waals surface area contributed by atoms with E-state index in [1.807, 2.05) is 13.8 Å². The van der Waals surface area contributed by atoms with Gasteiger partial charge in [0.1, 0.15) is 0 Å². The summed E-state index contributed by atoms with van der Waals surface area (Å²) in [7, 11) is -3.56. The summed E-state index contributed by atoms with van der Waals surface area (Å²) in [5.74, 6) is 1.44. The summed E-state index contributed by atoms with van der Waals surface area (Å²) < 4.78 is 32.9. The SMILES string of the molecule is C[C@@H]1CN(S(=O)(=O)c2ccc(NC(=O)[C@H]3C[C@H]4CC[C@H]3C4)cc2)C[C@H](C)O1. The monoisotopic (exact) mass is 392 g/mol. The van der Waals surface area contributed by atoms with Crippen molar-refractivity contribution in [3.63, 3.8) is 0 Å². The number of ether oxygens (including phenoxy) is 1. The van der Waals surface area contributed by atoms with E-state index in [1.54, 1.807) is 24.3 Å². The fraction of sp³-hybridized carbons (Fsp3) is 0.650. The molecule has 1 heterocycles. The van der Waals surface area contributed by atoms with E-state index in [0.29, 0.717) is 24.7 Å². The first-order valence-electron chi connectivity index (χ1n) is 9.89. The van der Waals surface area contributed by atoms with Crippen molar-refractivity contribution in [3.05, 3.63) is 24.3 Å². The van der Waals surface area contributed by atoms with E-state index in [2.05, 4.69) is 5.32 Å². The molecule has 1 aliphatic heterocycles. The van der Waals surface area contributed by atoms with E-state index in [0.717, 1.165) is 18.8 Å². The molecular weight excluding hydrogens is 364 g/mol. The van der Waals surface area contributed by atoms with Gasteiger partial charge in [-0.15, -0.1) is 0 Å². The average Bonchev–Trinajstić information content (AvgIpc) is 3.25. The second-order valence-electron chi connectivity index (χ2n) is 8.37. The number of hydrogen-bond donors (Lipinski definition) is 1. The molecule has 0 spiro atoms. The number of carbonyl (C=O) groups is 1. The maximum Gasteiger partial charge on any atom is 0.243 e. The minimum absolute atomic E-state index is 0.0774. The van der Waals surface area contributed by atoms with Crippen LogP contribution in [-0.4, -0.2) is 43.9 Å².